The second kappa shape index (κ2) is 7.21. The van der Waals surface area contributed by atoms with Crippen molar-refractivity contribution in [2.24, 2.45) is 17.8 Å². The molecule has 0 saturated heterocycles. The van der Waals surface area contributed by atoms with E-state index in [1.165, 1.54) is 31.2 Å². The van der Waals surface area contributed by atoms with Crippen LogP contribution in [0.25, 0.3) is 0 Å². The van der Waals surface area contributed by atoms with E-state index in [-0.39, 0.29) is 5.82 Å². The van der Waals surface area contributed by atoms with E-state index in [1.54, 1.807) is 12.1 Å². The molecule has 1 nitrogen and oxygen atoms in total. The van der Waals surface area contributed by atoms with Crippen molar-refractivity contribution in [3.05, 3.63) is 35.6 Å². The van der Waals surface area contributed by atoms with E-state index in [0.29, 0.717) is 12.0 Å². The van der Waals surface area contributed by atoms with E-state index in [4.69, 9.17) is 0 Å². The van der Waals surface area contributed by atoms with Crippen molar-refractivity contribution in [1.82, 2.24) is 5.32 Å². The van der Waals surface area contributed by atoms with Gasteiger partial charge in [0, 0.05) is 6.04 Å². The van der Waals surface area contributed by atoms with Gasteiger partial charge in [-0.3, -0.25) is 0 Å². The monoisotopic (exact) mass is 277 g/mol. The van der Waals surface area contributed by atoms with Gasteiger partial charge in [0.1, 0.15) is 5.82 Å². The standard InChI is InChI=1S/C18H28FN/c1-13(2)18(16-7-9-17(19)10-8-16)20-12-15-6-4-5-14(3)11-15/h7-10,13-15,18,20H,4-6,11-12H2,1-3H3. The highest BCUT2D eigenvalue weighted by molar-refractivity contribution is 5.20. The smallest absolute Gasteiger partial charge is 0.123 e. The van der Waals surface area contributed by atoms with Crippen LogP contribution < -0.4 is 5.32 Å². The number of hydrogen-bond donors (Lipinski definition) is 1. The topological polar surface area (TPSA) is 12.0 Å². The summed E-state index contributed by atoms with van der Waals surface area (Å²) in [6.07, 6.45) is 5.46. The van der Waals surface area contributed by atoms with Crippen molar-refractivity contribution in [3.8, 4) is 0 Å². The first kappa shape index (κ1) is 15.5. The highest BCUT2D eigenvalue weighted by Crippen LogP contribution is 2.29. The largest absolute Gasteiger partial charge is 0.309 e. The van der Waals surface area contributed by atoms with Crippen molar-refractivity contribution >= 4 is 0 Å². The normalized spacial score (nSPS) is 24.9. The second-order valence-corrected chi connectivity index (χ2v) is 6.82. The van der Waals surface area contributed by atoms with E-state index in [2.05, 4.69) is 26.1 Å². The van der Waals surface area contributed by atoms with Crippen molar-refractivity contribution < 1.29 is 4.39 Å². The second-order valence-electron chi connectivity index (χ2n) is 6.82. The number of hydrogen-bond acceptors (Lipinski definition) is 1. The van der Waals surface area contributed by atoms with Crippen LogP contribution in [0.15, 0.2) is 24.3 Å². The molecule has 1 fully saturated rings. The minimum atomic E-state index is -0.155. The molecule has 1 saturated carbocycles. The van der Waals surface area contributed by atoms with Gasteiger partial charge in [-0.15, -0.1) is 0 Å². The molecule has 0 spiro atoms. The van der Waals surface area contributed by atoms with E-state index < -0.39 is 0 Å². The molecule has 112 valence electrons. The molecule has 1 aromatic rings. The summed E-state index contributed by atoms with van der Waals surface area (Å²) in [5.74, 6) is 2.04. The lowest BCUT2D eigenvalue weighted by atomic mass is 9.82. The summed E-state index contributed by atoms with van der Waals surface area (Å²) in [5, 5.41) is 3.72. The fourth-order valence-corrected chi connectivity index (χ4v) is 3.45. The summed E-state index contributed by atoms with van der Waals surface area (Å²) < 4.78 is 13.1. The zero-order valence-electron chi connectivity index (χ0n) is 13.0. The van der Waals surface area contributed by atoms with Gasteiger partial charge in [-0.2, -0.15) is 0 Å². The molecule has 2 heteroatoms. The highest BCUT2D eigenvalue weighted by atomic mass is 19.1. The molecule has 0 aliphatic heterocycles. The van der Waals surface area contributed by atoms with E-state index in [9.17, 15) is 4.39 Å². The number of halogens is 1. The Bertz CT molecular complexity index is 398. The summed E-state index contributed by atoms with van der Waals surface area (Å²) >= 11 is 0. The molecule has 0 bridgehead atoms. The van der Waals surface area contributed by atoms with Crippen LogP contribution in [0.1, 0.15) is 58.1 Å². The van der Waals surface area contributed by atoms with E-state index in [1.807, 2.05) is 12.1 Å². The number of nitrogens with one attached hydrogen (secondary N) is 1. The van der Waals surface area contributed by atoms with Gasteiger partial charge in [0.25, 0.3) is 0 Å². The first-order valence-electron chi connectivity index (χ1n) is 8.05. The van der Waals surface area contributed by atoms with Crippen LogP contribution >= 0.6 is 0 Å². The maximum absolute atomic E-state index is 13.1. The molecule has 1 N–H and O–H groups in total. The fourth-order valence-electron chi connectivity index (χ4n) is 3.45. The van der Waals surface area contributed by atoms with Crippen molar-refractivity contribution in [3.63, 3.8) is 0 Å². The lowest BCUT2D eigenvalue weighted by Gasteiger charge is -2.30. The Hall–Kier alpha value is -0.890. The Morgan fingerprint density at radius 1 is 1.20 bits per heavy atom. The zero-order valence-corrected chi connectivity index (χ0v) is 13.0. The first-order chi connectivity index (χ1) is 9.56. The zero-order chi connectivity index (χ0) is 14.5. The van der Waals surface area contributed by atoms with Crippen molar-refractivity contribution in [2.45, 2.75) is 52.5 Å². The third kappa shape index (κ3) is 4.31. The van der Waals surface area contributed by atoms with Crippen LogP contribution in [0, 0.1) is 23.6 Å². The maximum atomic E-state index is 13.1. The molecule has 0 aromatic heterocycles. The minimum Gasteiger partial charge on any atom is -0.309 e. The SMILES string of the molecule is CC1CCCC(CNC(c2ccc(F)cc2)C(C)C)C1. The summed E-state index contributed by atoms with van der Waals surface area (Å²) in [5.41, 5.74) is 1.20. The molecular weight excluding hydrogens is 249 g/mol. The van der Waals surface area contributed by atoms with E-state index in [0.717, 1.165) is 18.4 Å². The van der Waals surface area contributed by atoms with Crippen LogP contribution in [0.4, 0.5) is 4.39 Å². The molecule has 1 aliphatic rings. The molecule has 0 amide bonds. The quantitative estimate of drug-likeness (QED) is 0.804. The summed E-state index contributed by atoms with van der Waals surface area (Å²) in [4.78, 5) is 0. The van der Waals surface area contributed by atoms with Crippen LogP contribution in [-0.4, -0.2) is 6.54 Å². The molecule has 0 radical (unpaired) electrons. The lowest BCUT2D eigenvalue weighted by Crippen LogP contribution is -2.32. The van der Waals surface area contributed by atoms with Crippen LogP contribution in [0.3, 0.4) is 0 Å². The Balaban J connectivity index is 1.94. The predicted octanol–water partition coefficient (Wildman–Crippen LogP) is 4.94. The molecular formula is C18H28FN. The summed E-state index contributed by atoms with van der Waals surface area (Å²) in [6, 6.07) is 7.28. The Kier molecular flexibility index (Phi) is 5.59. The number of rotatable bonds is 5. The van der Waals surface area contributed by atoms with Gasteiger partial charge in [0.05, 0.1) is 0 Å². The molecule has 3 unspecified atom stereocenters. The lowest BCUT2D eigenvalue weighted by molar-refractivity contribution is 0.258. The average molecular weight is 277 g/mol. The van der Waals surface area contributed by atoms with Crippen LogP contribution in [0.5, 0.6) is 0 Å². The first-order valence-corrected chi connectivity index (χ1v) is 8.05. The summed E-state index contributed by atoms with van der Waals surface area (Å²) in [7, 11) is 0. The minimum absolute atomic E-state index is 0.155. The average Bonchev–Trinajstić information content (AvgIpc) is 2.41. The van der Waals surface area contributed by atoms with Gasteiger partial charge in [-0.25, -0.2) is 4.39 Å². The Morgan fingerprint density at radius 3 is 2.50 bits per heavy atom. The third-order valence-corrected chi connectivity index (χ3v) is 4.57. The van der Waals surface area contributed by atoms with Gasteiger partial charge < -0.3 is 5.32 Å². The van der Waals surface area contributed by atoms with Crippen LogP contribution in [0.2, 0.25) is 0 Å². The fraction of sp³-hybridized carbons (Fsp3) is 0.667. The molecule has 20 heavy (non-hydrogen) atoms. The molecule has 1 aromatic carbocycles. The van der Waals surface area contributed by atoms with Crippen LogP contribution in [-0.2, 0) is 0 Å². The molecule has 3 atom stereocenters. The maximum Gasteiger partial charge on any atom is 0.123 e. The number of benzene rings is 1. The highest BCUT2D eigenvalue weighted by Gasteiger charge is 2.21. The van der Waals surface area contributed by atoms with E-state index >= 15 is 0 Å². The van der Waals surface area contributed by atoms with Crippen molar-refractivity contribution in [2.75, 3.05) is 6.54 Å². The van der Waals surface area contributed by atoms with Gasteiger partial charge in [0.2, 0.25) is 0 Å². The molecule has 1 aliphatic carbocycles. The molecule has 0 heterocycles. The Morgan fingerprint density at radius 2 is 1.90 bits per heavy atom. The van der Waals surface area contributed by atoms with Gasteiger partial charge in [-0.05, 0) is 54.8 Å². The summed E-state index contributed by atoms with van der Waals surface area (Å²) in [6.45, 7) is 7.91. The predicted molar refractivity (Wildman–Crippen MR) is 83.1 cm³/mol. The Labute approximate surface area is 123 Å². The third-order valence-electron chi connectivity index (χ3n) is 4.57. The van der Waals surface area contributed by atoms with Gasteiger partial charge in [-0.1, -0.05) is 45.7 Å². The van der Waals surface area contributed by atoms with Gasteiger partial charge in [0.15, 0.2) is 0 Å². The van der Waals surface area contributed by atoms with Gasteiger partial charge >= 0.3 is 0 Å². The molecule has 2 rings (SSSR count). The van der Waals surface area contributed by atoms with Crippen molar-refractivity contribution in [1.29, 1.82) is 0 Å².